The third-order valence-electron chi connectivity index (χ3n) is 7.42. The van der Waals surface area contributed by atoms with Crippen molar-refractivity contribution in [2.45, 2.75) is 162 Å². The van der Waals surface area contributed by atoms with Crippen molar-refractivity contribution in [3.63, 3.8) is 0 Å². The van der Waals surface area contributed by atoms with Gasteiger partial charge < -0.3 is 0 Å². The van der Waals surface area contributed by atoms with Crippen molar-refractivity contribution >= 4 is 0 Å². The molecule has 0 radical (unpaired) electrons. The zero-order valence-corrected chi connectivity index (χ0v) is 20.3. The van der Waals surface area contributed by atoms with E-state index in [1.165, 1.54) is 135 Å². The average Bonchev–Trinajstić information content (AvgIpc) is 3.47. The molecule has 168 valence electrons. The molecule has 0 N–H and O–H groups in total. The fraction of sp³-hybridized carbons (Fsp3) is 1.00. The molecule has 0 aromatic rings. The van der Waals surface area contributed by atoms with Gasteiger partial charge in [0.2, 0.25) is 0 Å². The van der Waals surface area contributed by atoms with Crippen molar-refractivity contribution in [2.24, 2.45) is 17.8 Å². The van der Waals surface area contributed by atoms with Crippen molar-refractivity contribution in [2.75, 3.05) is 0 Å². The summed E-state index contributed by atoms with van der Waals surface area (Å²) in [7, 11) is 0. The Morgan fingerprint density at radius 3 is 1.39 bits per heavy atom. The van der Waals surface area contributed by atoms with E-state index >= 15 is 0 Å². The number of unbranched alkanes of at least 4 members (excludes halogenated alkanes) is 15. The lowest BCUT2D eigenvalue weighted by Crippen LogP contribution is -1.94. The van der Waals surface area contributed by atoms with E-state index in [0.717, 1.165) is 17.8 Å². The van der Waals surface area contributed by atoms with Gasteiger partial charge in [0.15, 0.2) is 0 Å². The fourth-order valence-corrected chi connectivity index (χ4v) is 5.06. The molecule has 3 unspecified atom stereocenters. The summed E-state index contributed by atoms with van der Waals surface area (Å²) in [6.45, 7) is 7.13. The maximum Gasteiger partial charge on any atom is -0.0383 e. The Labute approximate surface area is 180 Å². The highest BCUT2D eigenvalue weighted by atomic mass is 14.4. The Hall–Kier alpha value is 0. The molecule has 0 nitrogen and oxygen atoms in total. The summed E-state index contributed by atoms with van der Waals surface area (Å²) in [6, 6.07) is 0. The minimum absolute atomic E-state index is 0.969. The molecule has 1 aliphatic carbocycles. The molecule has 28 heavy (non-hydrogen) atoms. The largest absolute Gasteiger partial charge is 0.0654 e. The molecule has 0 aliphatic heterocycles. The third-order valence-corrected chi connectivity index (χ3v) is 7.42. The average molecular weight is 393 g/mol. The second-order valence-corrected chi connectivity index (χ2v) is 10.3. The molecule has 0 aromatic heterocycles. The standard InChI is InChI=1S/C28H56/c1-4-6-22-26(3)23-20-18-16-14-12-10-8-7-9-11-13-15-17-19-21-24-28-25-27(28)5-2/h26-28H,4-25H2,1-3H3. The maximum atomic E-state index is 2.45. The summed E-state index contributed by atoms with van der Waals surface area (Å²) < 4.78 is 0. The van der Waals surface area contributed by atoms with Crippen molar-refractivity contribution in [1.82, 2.24) is 0 Å². The Morgan fingerprint density at radius 2 is 0.964 bits per heavy atom. The van der Waals surface area contributed by atoms with Crippen LogP contribution in [0, 0.1) is 17.8 Å². The maximum absolute atomic E-state index is 2.45. The van der Waals surface area contributed by atoms with Gasteiger partial charge in [0.25, 0.3) is 0 Å². The van der Waals surface area contributed by atoms with Gasteiger partial charge in [-0.05, 0) is 24.2 Å². The van der Waals surface area contributed by atoms with E-state index in [0.29, 0.717) is 0 Å². The molecule has 3 atom stereocenters. The van der Waals surface area contributed by atoms with Gasteiger partial charge in [0, 0.05) is 0 Å². The van der Waals surface area contributed by atoms with Gasteiger partial charge in [0.1, 0.15) is 0 Å². The first kappa shape index (κ1) is 26.0. The fourth-order valence-electron chi connectivity index (χ4n) is 5.06. The molecule has 1 rings (SSSR count). The summed E-state index contributed by atoms with van der Waals surface area (Å²) >= 11 is 0. The van der Waals surface area contributed by atoms with Crippen LogP contribution < -0.4 is 0 Å². The van der Waals surface area contributed by atoms with Gasteiger partial charge in [0.05, 0.1) is 0 Å². The van der Waals surface area contributed by atoms with Crippen LogP contribution in [0.1, 0.15) is 162 Å². The molecule has 1 fully saturated rings. The van der Waals surface area contributed by atoms with Gasteiger partial charge >= 0.3 is 0 Å². The monoisotopic (exact) mass is 392 g/mol. The Kier molecular flexibility index (Phi) is 17.7. The molecule has 1 aliphatic rings. The van der Waals surface area contributed by atoms with Crippen molar-refractivity contribution < 1.29 is 0 Å². The first-order chi connectivity index (χ1) is 13.8. The normalized spacial score (nSPS) is 19.8. The first-order valence-electron chi connectivity index (χ1n) is 13.8. The van der Waals surface area contributed by atoms with Crippen LogP contribution in [0.4, 0.5) is 0 Å². The summed E-state index contributed by atoms with van der Waals surface area (Å²) in [5, 5.41) is 0. The summed E-state index contributed by atoms with van der Waals surface area (Å²) in [4.78, 5) is 0. The second kappa shape index (κ2) is 19.0. The molecular formula is C28H56. The Balaban J connectivity index is 1.65. The molecule has 0 amide bonds. The second-order valence-electron chi connectivity index (χ2n) is 10.3. The molecule has 0 heterocycles. The van der Waals surface area contributed by atoms with E-state index < -0.39 is 0 Å². The van der Waals surface area contributed by atoms with E-state index in [4.69, 9.17) is 0 Å². The number of hydrogen-bond donors (Lipinski definition) is 0. The van der Waals surface area contributed by atoms with Crippen LogP contribution in [0.5, 0.6) is 0 Å². The lowest BCUT2D eigenvalue weighted by Gasteiger charge is -2.10. The van der Waals surface area contributed by atoms with Crippen LogP contribution in [-0.4, -0.2) is 0 Å². The Bertz CT molecular complexity index is 307. The summed E-state index contributed by atoms with van der Waals surface area (Å²) in [5.74, 6) is 3.21. The van der Waals surface area contributed by atoms with Gasteiger partial charge in [-0.2, -0.15) is 0 Å². The van der Waals surface area contributed by atoms with Crippen LogP contribution in [0.2, 0.25) is 0 Å². The number of hydrogen-bond acceptors (Lipinski definition) is 0. The van der Waals surface area contributed by atoms with Crippen molar-refractivity contribution in [3.05, 3.63) is 0 Å². The zero-order valence-electron chi connectivity index (χ0n) is 20.3. The lowest BCUT2D eigenvalue weighted by molar-refractivity contribution is 0.440. The summed E-state index contributed by atoms with van der Waals surface area (Å²) in [6.07, 6.45) is 32.7. The topological polar surface area (TPSA) is 0 Å². The van der Waals surface area contributed by atoms with Gasteiger partial charge in [-0.1, -0.05) is 156 Å². The van der Waals surface area contributed by atoms with E-state index in [1.807, 2.05) is 0 Å². The smallest absolute Gasteiger partial charge is 0.0383 e. The van der Waals surface area contributed by atoms with Gasteiger partial charge in [-0.25, -0.2) is 0 Å². The van der Waals surface area contributed by atoms with Crippen LogP contribution >= 0.6 is 0 Å². The van der Waals surface area contributed by atoms with E-state index in [2.05, 4.69) is 20.8 Å². The minimum atomic E-state index is 0.969. The molecule has 1 saturated carbocycles. The molecule has 0 heteroatoms. The molecule has 0 aromatic carbocycles. The van der Waals surface area contributed by atoms with E-state index in [1.54, 1.807) is 6.42 Å². The van der Waals surface area contributed by atoms with Crippen LogP contribution in [0.25, 0.3) is 0 Å². The highest BCUT2D eigenvalue weighted by molar-refractivity contribution is 4.84. The van der Waals surface area contributed by atoms with Crippen molar-refractivity contribution in [3.8, 4) is 0 Å². The lowest BCUT2D eigenvalue weighted by atomic mass is 9.97. The first-order valence-corrected chi connectivity index (χ1v) is 13.8. The summed E-state index contributed by atoms with van der Waals surface area (Å²) in [5.41, 5.74) is 0. The quantitative estimate of drug-likeness (QED) is 0.161. The zero-order chi connectivity index (χ0) is 20.3. The predicted molar refractivity (Wildman–Crippen MR) is 129 cm³/mol. The number of rotatable bonds is 22. The third kappa shape index (κ3) is 15.9. The van der Waals surface area contributed by atoms with Gasteiger partial charge in [-0.15, -0.1) is 0 Å². The highest BCUT2D eigenvalue weighted by Gasteiger charge is 2.33. The molecular weight excluding hydrogens is 336 g/mol. The minimum Gasteiger partial charge on any atom is -0.0654 e. The van der Waals surface area contributed by atoms with Crippen molar-refractivity contribution in [1.29, 1.82) is 0 Å². The van der Waals surface area contributed by atoms with E-state index in [-0.39, 0.29) is 0 Å². The predicted octanol–water partition coefficient (Wildman–Crippen LogP) is 10.5. The van der Waals surface area contributed by atoms with E-state index in [9.17, 15) is 0 Å². The molecule has 0 saturated heterocycles. The van der Waals surface area contributed by atoms with Crippen LogP contribution in [-0.2, 0) is 0 Å². The van der Waals surface area contributed by atoms with Gasteiger partial charge in [-0.3, -0.25) is 0 Å². The Morgan fingerprint density at radius 1 is 0.536 bits per heavy atom. The van der Waals surface area contributed by atoms with Crippen LogP contribution in [0.3, 0.4) is 0 Å². The molecule has 0 bridgehead atoms. The highest BCUT2D eigenvalue weighted by Crippen LogP contribution is 2.44. The molecule has 0 spiro atoms. The SMILES string of the molecule is CCCCC(C)CCCCCCCCCCCCCCCCCC1CC1CC. The van der Waals surface area contributed by atoms with Crippen LogP contribution in [0.15, 0.2) is 0 Å².